The summed E-state index contributed by atoms with van der Waals surface area (Å²) in [6, 6.07) is -0.262. The van der Waals surface area contributed by atoms with Crippen molar-refractivity contribution in [3.05, 3.63) is 0 Å². The standard InChI is InChI=1S/C13H22N2O4/c16-11(10-4-2-1-3-7-14-10)15-13(12(17)18)5-8-19-9-6-13/h10,14H,1-9H2,(H,15,16)(H,17,18). The van der Waals surface area contributed by atoms with E-state index in [4.69, 9.17) is 4.74 Å². The Hall–Kier alpha value is -1.14. The summed E-state index contributed by atoms with van der Waals surface area (Å²) in [5.74, 6) is -1.15. The molecule has 2 saturated heterocycles. The van der Waals surface area contributed by atoms with Crippen LogP contribution in [0.5, 0.6) is 0 Å². The third-order valence-corrected chi connectivity index (χ3v) is 4.00. The molecule has 1 unspecified atom stereocenters. The van der Waals surface area contributed by atoms with Crippen molar-refractivity contribution in [2.75, 3.05) is 19.8 Å². The van der Waals surface area contributed by atoms with Crippen molar-refractivity contribution in [2.45, 2.75) is 50.1 Å². The van der Waals surface area contributed by atoms with E-state index in [9.17, 15) is 14.7 Å². The average Bonchev–Trinajstić information content (AvgIpc) is 2.68. The van der Waals surface area contributed by atoms with Crippen molar-refractivity contribution in [2.24, 2.45) is 0 Å². The fourth-order valence-corrected chi connectivity index (χ4v) is 2.69. The first-order valence-electron chi connectivity index (χ1n) is 7.01. The third-order valence-electron chi connectivity index (χ3n) is 4.00. The Morgan fingerprint density at radius 2 is 1.95 bits per heavy atom. The highest BCUT2D eigenvalue weighted by molar-refractivity contribution is 5.89. The van der Waals surface area contributed by atoms with Gasteiger partial charge in [0.05, 0.1) is 6.04 Å². The van der Waals surface area contributed by atoms with Gasteiger partial charge < -0.3 is 20.5 Å². The van der Waals surface area contributed by atoms with E-state index in [-0.39, 0.29) is 11.9 Å². The van der Waals surface area contributed by atoms with Crippen LogP contribution in [0.2, 0.25) is 0 Å². The van der Waals surface area contributed by atoms with Gasteiger partial charge in [0.1, 0.15) is 5.54 Å². The maximum absolute atomic E-state index is 12.3. The quantitative estimate of drug-likeness (QED) is 0.685. The molecule has 108 valence electrons. The number of hydrogen-bond acceptors (Lipinski definition) is 4. The van der Waals surface area contributed by atoms with Gasteiger partial charge >= 0.3 is 5.97 Å². The first kappa shape index (κ1) is 14.3. The molecule has 3 N–H and O–H groups in total. The van der Waals surface area contributed by atoms with Gasteiger partial charge in [-0.15, -0.1) is 0 Å². The molecule has 1 atom stereocenters. The van der Waals surface area contributed by atoms with Gasteiger partial charge in [-0.25, -0.2) is 4.79 Å². The van der Waals surface area contributed by atoms with Crippen LogP contribution < -0.4 is 10.6 Å². The minimum atomic E-state index is -1.15. The molecule has 0 aromatic heterocycles. The average molecular weight is 270 g/mol. The van der Waals surface area contributed by atoms with Gasteiger partial charge in [-0.3, -0.25) is 4.79 Å². The summed E-state index contributed by atoms with van der Waals surface area (Å²) in [7, 11) is 0. The maximum Gasteiger partial charge on any atom is 0.329 e. The number of carboxylic acids is 1. The van der Waals surface area contributed by atoms with E-state index in [1.807, 2.05) is 0 Å². The van der Waals surface area contributed by atoms with Crippen molar-refractivity contribution < 1.29 is 19.4 Å². The Balaban J connectivity index is 1.99. The van der Waals surface area contributed by atoms with Gasteiger partial charge in [-0.1, -0.05) is 12.8 Å². The van der Waals surface area contributed by atoms with E-state index in [1.165, 1.54) is 0 Å². The number of amides is 1. The lowest BCUT2D eigenvalue weighted by molar-refractivity contribution is -0.152. The molecule has 2 aliphatic heterocycles. The molecule has 0 aromatic rings. The summed E-state index contributed by atoms with van der Waals surface area (Å²) in [6.07, 6.45) is 4.64. The van der Waals surface area contributed by atoms with Crippen molar-refractivity contribution in [3.63, 3.8) is 0 Å². The molecule has 2 fully saturated rings. The fourth-order valence-electron chi connectivity index (χ4n) is 2.69. The SMILES string of the molecule is O=C(NC1(C(=O)O)CCOCC1)C1CCCCCN1. The lowest BCUT2D eigenvalue weighted by atomic mass is 9.89. The predicted octanol–water partition coefficient (Wildman–Crippen LogP) is 0.269. The lowest BCUT2D eigenvalue weighted by Gasteiger charge is -2.35. The molecule has 2 aliphatic rings. The highest BCUT2D eigenvalue weighted by Gasteiger charge is 2.42. The van der Waals surface area contributed by atoms with E-state index in [2.05, 4.69) is 10.6 Å². The number of aliphatic carboxylic acids is 1. The second kappa shape index (κ2) is 6.34. The molecule has 0 radical (unpaired) electrons. The number of ether oxygens (including phenoxy) is 1. The largest absolute Gasteiger partial charge is 0.480 e. The predicted molar refractivity (Wildman–Crippen MR) is 68.8 cm³/mol. The van der Waals surface area contributed by atoms with Crippen molar-refractivity contribution in [3.8, 4) is 0 Å². The minimum absolute atomic E-state index is 0.189. The molecule has 0 bridgehead atoms. The Labute approximate surface area is 112 Å². The highest BCUT2D eigenvalue weighted by Crippen LogP contribution is 2.22. The fraction of sp³-hybridized carbons (Fsp3) is 0.846. The van der Waals surface area contributed by atoms with Gasteiger partial charge in [0.25, 0.3) is 0 Å². The molecule has 1 amide bonds. The molecule has 6 nitrogen and oxygen atoms in total. The molecule has 0 aromatic carbocycles. The van der Waals surface area contributed by atoms with E-state index in [0.717, 1.165) is 32.2 Å². The highest BCUT2D eigenvalue weighted by atomic mass is 16.5. The number of carbonyl (C=O) groups is 2. The van der Waals surface area contributed by atoms with E-state index >= 15 is 0 Å². The Kier molecular flexibility index (Phi) is 4.76. The Morgan fingerprint density at radius 1 is 1.21 bits per heavy atom. The van der Waals surface area contributed by atoms with Gasteiger partial charge in [0, 0.05) is 26.1 Å². The van der Waals surface area contributed by atoms with Crippen LogP contribution in [0, 0.1) is 0 Å². The van der Waals surface area contributed by atoms with Crippen LogP contribution in [0.15, 0.2) is 0 Å². The van der Waals surface area contributed by atoms with Crippen LogP contribution in [0.4, 0.5) is 0 Å². The summed E-state index contributed by atoms with van der Waals surface area (Å²) in [6.45, 7) is 1.58. The van der Waals surface area contributed by atoms with Gasteiger partial charge in [-0.2, -0.15) is 0 Å². The lowest BCUT2D eigenvalue weighted by Crippen LogP contribution is -2.60. The molecule has 0 spiro atoms. The van der Waals surface area contributed by atoms with Crippen molar-refractivity contribution >= 4 is 11.9 Å². The topological polar surface area (TPSA) is 87.7 Å². The molecular formula is C13H22N2O4. The molecule has 2 heterocycles. The van der Waals surface area contributed by atoms with Crippen LogP contribution >= 0.6 is 0 Å². The summed E-state index contributed by atoms with van der Waals surface area (Å²) >= 11 is 0. The monoisotopic (exact) mass is 270 g/mol. The van der Waals surface area contributed by atoms with Gasteiger partial charge in [0.15, 0.2) is 0 Å². The van der Waals surface area contributed by atoms with Crippen molar-refractivity contribution in [1.29, 1.82) is 0 Å². The summed E-state index contributed by atoms with van der Waals surface area (Å²) in [5, 5.41) is 15.3. The van der Waals surface area contributed by atoms with Crippen LogP contribution in [0.25, 0.3) is 0 Å². The summed E-state index contributed by atoms with van der Waals surface area (Å²) < 4.78 is 5.19. The number of rotatable bonds is 3. The molecule has 0 aliphatic carbocycles. The second-order valence-electron chi connectivity index (χ2n) is 5.34. The zero-order valence-electron chi connectivity index (χ0n) is 11.1. The molecule has 2 rings (SSSR count). The first-order valence-corrected chi connectivity index (χ1v) is 7.01. The maximum atomic E-state index is 12.3. The number of carboxylic acid groups (broad SMARTS) is 1. The van der Waals surface area contributed by atoms with E-state index in [1.54, 1.807) is 0 Å². The molecule has 19 heavy (non-hydrogen) atoms. The van der Waals surface area contributed by atoms with Crippen LogP contribution in [-0.2, 0) is 14.3 Å². The molecular weight excluding hydrogens is 248 g/mol. The van der Waals surface area contributed by atoms with Gasteiger partial charge in [0.2, 0.25) is 5.91 Å². The molecule has 6 heteroatoms. The Morgan fingerprint density at radius 3 is 2.63 bits per heavy atom. The van der Waals surface area contributed by atoms with E-state index in [0.29, 0.717) is 26.1 Å². The number of nitrogens with one attached hydrogen (secondary N) is 2. The second-order valence-corrected chi connectivity index (χ2v) is 5.34. The third kappa shape index (κ3) is 3.45. The van der Waals surface area contributed by atoms with Crippen LogP contribution in [0.1, 0.15) is 38.5 Å². The van der Waals surface area contributed by atoms with Crippen LogP contribution in [-0.4, -0.2) is 48.3 Å². The van der Waals surface area contributed by atoms with Gasteiger partial charge in [-0.05, 0) is 19.4 Å². The summed E-state index contributed by atoms with van der Waals surface area (Å²) in [4.78, 5) is 23.7. The normalized spacial score (nSPS) is 27.3. The zero-order chi connectivity index (χ0) is 13.7. The minimum Gasteiger partial charge on any atom is -0.480 e. The summed E-state index contributed by atoms with van der Waals surface area (Å²) in [5.41, 5.74) is -1.15. The first-order chi connectivity index (χ1) is 9.14. The van der Waals surface area contributed by atoms with Crippen molar-refractivity contribution in [1.82, 2.24) is 10.6 Å². The number of carbonyl (C=O) groups excluding carboxylic acids is 1. The zero-order valence-corrected chi connectivity index (χ0v) is 11.1. The molecule has 0 saturated carbocycles. The Bertz CT molecular complexity index is 332. The number of hydrogen-bond donors (Lipinski definition) is 3. The van der Waals surface area contributed by atoms with E-state index < -0.39 is 11.5 Å². The smallest absolute Gasteiger partial charge is 0.329 e. The van der Waals surface area contributed by atoms with Crippen LogP contribution in [0.3, 0.4) is 0 Å².